The van der Waals surface area contributed by atoms with Gasteiger partial charge >= 0.3 is 0 Å². The molecular formula is C40H48N6O4. The quantitative estimate of drug-likeness (QED) is 0.218. The average Bonchev–Trinajstić information content (AvgIpc) is 3.68. The van der Waals surface area contributed by atoms with Gasteiger partial charge in [-0.2, -0.15) is 5.10 Å². The Hall–Kier alpha value is -4.60. The molecule has 5 heterocycles. The molecule has 0 radical (unpaired) electrons. The highest BCUT2D eigenvalue weighted by Crippen LogP contribution is 2.41. The number of ketones is 3. The van der Waals surface area contributed by atoms with Crippen molar-refractivity contribution in [3.63, 3.8) is 0 Å². The number of fused-ring (bicyclic) bond motifs is 2. The van der Waals surface area contributed by atoms with Crippen LogP contribution in [0.5, 0.6) is 0 Å². The highest BCUT2D eigenvalue weighted by molar-refractivity contribution is 6.07. The number of hydrogen-bond acceptors (Lipinski definition) is 8. The van der Waals surface area contributed by atoms with E-state index in [1.165, 1.54) is 6.92 Å². The average molecular weight is 677 g/mol. The molecule has 262 valence electrons. The fourth-order valence-corrected chi connectivity index (χ4v) is 7.75. The number of pyridine rings is 1. The molecular weight excluding hydrogens is 628 g/mol. The van der Waals surface area contributed by atoms with Crippen LogP contribution in [0, 0.1) is 32.1 Å². The standard InChI is InChI=1S/C40H48N6O4/c1-24-13-14-25(2)43-34(24)18-36(49)35-17-31-22-45(35)37(50)23-46-39-28(11-9-7-8-10-12-32(48)19-40(31,5)6)15-29(30-20-41-27(4)42-21-30)16-33(39)38(44-46)26(3)47/h13-16,20-21,31,35H,7-12,17-19,22-23H2,1-6H3/t31-,35-/m0/s1. The largest absolute Gasteiger partial charge is 0.331 e. The predicted molar refractivity (Wildman–Crippen MR) is 192 cm³/mol. The summed E-state index contributed by atoms with van der Waals surface area (Å²) >= 11 is 0. The number of amides is 1. The topological polar surface area (TPSA) is 128 Å². The molecule has 1 aromatic carbocycles. The molecule has 1 fully saturated rings. The second-order valence-electron chi connectivity index (χ2n) is 15.1. The zero-order chi connectivity index (χ0) is 35.7. The zero-order valence-electron chi connectivity index (χ0n) is 30.2. The smallest absolute Gasteiger partial charge is 0.244 e. The molecule has 0 spiro atoms. The first-order valence-electron chi connectivity index (χ1n) is 17.9. The van der Waals surface area contributed by atoms with E-state index in [0.717, 1.165) is 64.8 Å². The zero-order valence-corrected chi connectivity index (χ0v) is 30.2. The lowest BCUT2D eigenvalue weighted by Gasteiger charge is -2.31. The number of aryl methyl sites for hydroxylation is 4. The highest BCUT2D eigenvalue weighted by Gasteiger charge is 2.45. The Kier molecular flexibility index (Phi) is 10.1. The van der Waals surface area contributed by atoms with E-state index in [9.17, 15) is 19.2 Å². The van der Waals surface area contributed by atoms with Crippen LogP contribution in [0.15, 0.2) is 36.7 Å². The van der Waals surface area contributed by atoms with Gasteiger partial charge in [0.1, 0.15) is 23.8 Å². The first-order chi connectivity index (χ1) is 23.8. The summed E-state index contributed by atoms with van der Waals surface area (Å²) in [4.78, 5) is 70.0. The van der Waals surface area contributed by atoms with Crippen LogP contribution in [0.3, 0.4) is 0 Å². The number of hydrogen-bond donors (Lipinski definition) is 0. The van der Waals surface area contributed by atoms with Gasteiger partial charge in [-0.3, -0.25) is 28.8 Å². The number of Topliss-reactive ketones (excluding diaryl/α,β-unsaturated/α-hetero) is 3. The molecule has 0 saturated carbocycles. The van der Waals surface area contributed by atoms with E-state index in [2.05, 4.69) is 34.9 Å². The van der Waals surface area contributed by atoms with E-state index < -0.39 is 6.04 Å². The maximum atomic E-state index is 14.5. The van der Waals surface area contributed by atoms with Crippen molar-refractivity contribution in [1.29, 1.82) is 0 Å². The second-order valence-corrected chi connectivity index (χ2v) is 15.1. The number of carbonyl (C=O) groups is 4. The molecule has 1 amide bonds. The van der Waals surface area contributed by atoms with Crippen LogP contribution in [0.4, 0.5) is 0 Å². The van der Waals surface area contributed by atoms with E-state index in [-0.39, 0.29) is 47.6 Å². The number of benzene rings is 1. The summed E-state index contributed by atoms with van der Waals surface area (Å²) < 4.78 is 1.67. The van der Waals surface area contributed by atoms with Gasteiger partial charge in [0.25, 0.3) is 0 Å². The third-order valence-electron chi connectivity index (χ3n) is 10.7. The fraction of sp³-hybridized carbons (Fsp3) is 0.500. The molecule has 0 N–H and O–H groups in total. The van der Waals surface area contributed by atoms with Crippen LogP contribution < -0.4 is 0 Å². The molecule has 0 unspecified atom stereocenters. The molecule has 2 atom stereocenters. The molecule has 2 aliphatic heterocycles. The molecule has 10 nitrogen and oxygen atoms in total. The van der Waals surface area contributed by atoms with E-state index in [1.807, 2.05) is 39.0 Å². The molecule has 6 rings (SSSR count). The number of rotatable bonds is 5. The minimum atomic E-state index is -0.649. The first kappa shape index (κ1) is 35.2. The van der Waals surface area contributed by atoms with E-state index in [0.29, 0.717) is 49.1 Å². The van der Waals surface area contributed by atoms with Gasteiger partial charge in [-0.05, 0) is 92.7 Å². The fourth-order valence-electron chi connectivity index (χ4n) is 7.75. The minimum Gasteiger partial charge on any atom is -0.331 e. The van der Waals surface area contributed by atoms with Crippen molar-refractivity contribution >= 4 is 34.2 Å². The van der Waals surface area contributed by atoms with Crippen LogP contribution >= 0.6 is 0 Å². The normalized spacial score (nSPS) is 20.2. The van der Waals surface area contributed by atoms with Crippen molar-refractivity contribution in [3.8, 4) is 11.1 Å². The monoisotopic (exact) mass is 676 g/mol. The third kappa shape index (κ3) is 7.44. The number of nitrogens with zero attached hydrogens (tertiary/aromatic N) is 6. The summed E-state index contributed by atoms with van der Waals surface area (Å²) in [6.07, 6.45) is 9.45. The molecule has 0 aliphatic carbocycles. The Morgan fingerprint density at radius 3 is 2.38 bits per heavy atom. The summed E-state index contributed by atoms with van der Waals surface area (Å²) in [5.41, 5.74) is 5.88. The SMILES string of the molecule is CC(=O)c1nn2c3c(cc(-c4cnc(C)nc4)cc13)CCCCCCC(=O)CC(C)(C)[C@H]1C[C@@H](C(=O)Cc3nc(C)ccc3C)N(C1)C(=O)C2. The van der Waals surface area contributed by atoms with Crippen molar-refractivity contribution in [3.05, 3.63) is 70.7 Å². The van der Waals surface area contributed by atoms with Gasteiger partial charge in [-0.15, -0.1) is 0 Å². The molecule has 4 aromatic rings. The molecule has 50 heavy (non-hydrogen) atoms. The van der Waals surface area contributed by atoms with Crippen LogP contribution in [0.25, 0.3) is 22.0 Å². The number of aromatic nitrogens is 5. The number of carbonyl (C=O) groups excluding carboxylic acids is 4. The summed E-state index contributed by atoms with van der Waals surface area (Å²) in [6.45, 7) is 11.6. The van der Waals surface area contributed by atoms with Gasteiger partial charge in [0.2, 0.25) is 5.91 Å². The van der Waals surface area contributed by atoms with Gasteiger partial charge in [-0.25, -0.2) is 9.97 Å². The lowest BCUT2D eigenvalue weighted by atomic mass is 9.73. The Labute approximate surface area is 294 Å². The Morgan fingerprint density at radius 2 is 1.66 bits per heavy atom. The van der Waals surface area contributed by atoms with Crippen LogP contribution in [-0.4, -0.2) is 65.5 Å². The van der Waals surface area contributed by atoms with Gasteiger partial charge in [0, 0.05) is 55.3 Å². The van der Waals surface area contributed by atoms with Crippen LogP contribution in [-0.2, 0) is 33.8 Å². The van der Waals surface area contributed by atoms with Crippen molar-refractivity contribution in [2.45, 2.75) is 112 Å². The molecule has 1 saturated heterocycles. The summed E-state index contributed by atoms with van der Waals surface area (Å²) in [6, 6.07) is 7.30. The van der Waals surface area contributed by atoms with E-state index >= 15 is 0 Å². The third-order valence-corrected chi connectivity index (χ3v) is 10.7. The molecule has 2 aliphatic rings. The van der Waals surface area contributed by atoms with Gasteiger partial charge in [0.05, 0.1) is 23.7 Å². The van der Waals surface area contributed by atoms with Crippen molar-refractivity contribution < 1.29 is 19.2 Å². The lowest BCUT2D eigenvalue weighted by molar-refractivity contribution is -0.138. The minimum absolute atomic E-state index is 0.0383. The first-order valence-corrected chi connectivity index (χ1v) is 17.9. The van der Waals surface area contributed by atoms with Gasteiger partial charge in [-0.1, -0.05) is 32.8 Å². The highest BCUT2D eigenvalue weighted by atomic mass is 16.2. The Balaban J connectivity index is 1.42. The van der Waals surface area contributed by atoms with Gasteiger partial charge < -0.3 is 4.90 Å². The summed E-state index contributed by atoms with van der Waals surface area (Å²) in [7, 11) is 0. The Bertz CT molecular complexity index is 1960. The molecule has 3 aromatic heterocycles. The summed E-state index contributed by atoms with van der Waals surface area (Å²) in [5, 5.41) is 5.46. The maximum absolute atomic E-state index is 14.5. The van der Waals surface area contributed by atoms with Crippen molar-refractivity contribution in [2.75, 3.05) is 6.54 Å². The van der Waals surface area contributed by atoms with Crippen molar-refractivity contribution in [2.24, 2.45) is 11.3 Å². The maximum Gasteiger partial charge on any atom is 0.244 e. The van der Waals surface area contributed by atoms with Crippen LogP contribution in [0.1, 0.15) is 105 Å². The van der Waals surface area contributed by atoms with Gasteiger partial charge in [0.15, 0.2) is 11.6 Å². The van der Waals surface area contributed by atoms with E-state index in [1.54, 1.807) is 22.0 Å². The molecule has 10 heteroatoms. The lowest BCUT2D eigenvalue weighted by Crippen LogP contribution is -2.43. The van der Waals surface area contributed by atoms with Crippen molar-refractivity contribution in [1.82, 2.24) is 29.6 Å². The summed E-state index contributed by atoms with van der Waals surface area (Å²) in [5.74, 6) is 0.393. The Morgan fingerprint density at radius 1 is 0.940 bits per heavy atom. The van der Waals surface area contributed by atoms with E-state index in [4.69, 9.17) is 5.10 Å². The second kappa shape index (κ2) is 14.3. The predicted octanol–water partition coefficient (Wildman–Crippen LogP) is 6.54. The molecule has 2 bridgehead atoms. The van der Waals surface area contributed by atoms with Crippen LogP contribution in [0.2, 0.25) is 0 Å².